The highest BCUT2D eigenvalue weighted by Gasteiger charge is 2.30. The summed E-state index contributed by atoms with van der Waals surface area (Å²) in [7, 11) is 0. The summed E-state index contributed by atoms with van der Waals surface area (Å²) in [6.45, 7) is 3.37. The molecule has 23 heavy (non-hydrogen) atoms. The normalized spacial score (nSPS) is 11.2. The van der Waals surface area contributed by atoms with E-state index in [4.69, 9.17) is 16.3 Å². The number of ketones is 1. The van der Waals surface area contributed by atoms with Crippen LogP contribution < -0.4 is 4.74 Å². The molecule has 120 valence electrons. The zero-order valence-corrected chi connectivity index (χ0v) is 12.2. The van der Waals surface area contributed by atoms with E-state index in [9.17, 15) is 22.4 Å². The second kappa shape index (κ2) is 6.42. The van der Waals surface area contributed by atoms with Crippen LogP contribution in [0.25, 0.3) is 0 Å². The lowest BCUT2D eigenvalue weighted by Gasteiger charge is -2.10. The van der Waals surface area contributed by atoms with E-state index < -0.39 is 29.1 Å². The number of carbonyl (C=O) groups is 1. The lowest BCUT2D eigenvalue weighted by molar-refractivity contribution is -0.137. The number of Topliss-reactive ketones (excluding diaryl/α,β-unsaturated/α-hetero) is 1. The minimum absolute atomic E-state index is 0.0225. The number of rotatable bonds is 4. The van der Waals surface area contributed by atoms with Gasteiger partial charge in [-0.1, -0.05) is 18.2 Å². The third-order valence-electron chi connectivity index (χ3n) is 2.85. The van der Waals surface area contributed by atoms with E-state index >= 15 is 0 Å². The largest absolute Gasteiger partial charge is 0.454 e. The van der Waals surface area contributed by atoms with Gasteiger partial charge >= 0.3 is 6.18 Å². The molecule has 2 aromatic rings. The van der Waals surface area contributed by atoms with Crippen LogP contribution in [-0.4, -0.2) is 5.78 Å². The number of alkyl halides is 3. The summed E-state index contributed by atoms with van der Waals surface area (Å²) in [6, 6.07) is 7.13. The molecule has 7 heteroatoms. The Balaban J connectivity index is 2.14. The zero-order chi connectivity index (χ0) is 17.2. The molecule has 0 N–H and O–H groups in total. The Hall–Kier alpha value is -2.34. The summed E-state index contributed by atoms with van der Waals surface area (Å²) in [4.78, 5) is 12.0. The standard InChI is InChI=1S/C16H9ClF4O2/c1-9(15(22)13-7-4-11(17)8-14(13)18)23-12-5-2-10(3-6-12)16(19,20)21/h2-8H,1H2. The molecule has 0 heterocycles. The predicted molar refractivity (Wildman–Crippen MR) is 77.0 cm³/mol. The third kappa shape index (κ3) is 4.10. The maximum atomic E-state index is 13.7. The number of hydrogen-bond donors (Lipinski definition) is 0. The van der Waals surface area contributed by atoms with Crippen molar-refractivity contribution in [3.05, 3.63) is 76.8 Å². The Morgan fingerprint density at radius 1 is 1.09 bits per heavy atom. The minimum Gasteiger partial charge on any atom is -0.454 e. The van der Waals surface area contributed by atoms with E-state index in [1.165, 1.54) is 12.1 Å². The van der Waals surface area contributed by atoms with Crippen LogP contribution in [0.1, 0.15) is 15.9 Å². The Bertz CT molecular complexity index is 752. The molecule has 0 fully saturated rings. The lowest BCUT2D eigenvalue weighted by Crippen LogP contribution is -2.10. The average molecular weight is 345 g/mol. The van der Waals surface area contributed by atoms with Crippen LogP contribution in [0.15, 0.2) is 54.8 Å². The average Bonchev–Trinajstić information content (AvgIpc) is 2.46. The highest BCUT2D eigenvalue weighted by molar-refractivity contribution is 6.30. The SMILES string of the molecule is C=C(Oc1ccc(C(F)(F)F)cc1)C(=O)c1ccc(Cl)cc1F. The third-order valence-corrected chi connectivity index (χ3v) is 3.09. The number of allylic oxidation sites excluding steroid dienone is 1. The van der Waals surface area contributed by atoms with Gasteiger partial charge in [0.25, 0.3) is 0 Å². The molecule has 2 nitrogen and oxygen atoms in total. The fourth-order valence-corrected chi connectivity index (χ4v) is 1.88. The summed E-state index contributed by atoms with van der Waals surface area (Å²) in [5.74, 6) is -2.13. The smallest absolute Gasteiger partial charge is 0.416 e. The van der Waals surface area contributed by atoms with Gasteiger partial charge in [-0.2, -0.15) is 13.2 Å². The first-order valence-electron chi connectivity index (χ1n) is 6.22. The summed E-state index contributed by atoms with van der Waals surface area (Å²) < 4.78 is 56.1. The highest BCUT2D eigenvalue weighted by Crippen LogP contribution is 2.30. The van der Waals surface area contributed by atoms with Crippen LogP contribution in [0.5, 0.6) is 5.75 Å². The van der Waals surface area contributed by atoms with Crippen molar-refractivity contribution < 1.29 is 27.1 Å². The van der Waals surface area contributed by atoms with Gasteiger partial charge in [-0.3, -0.25) is 4.79 Å². The van der Waals surface area contributed by atoms with E-state index in [1.54, 1.807) is 0 Å². The molecule has 0 bridgehead atoms. The lowest BCUT2D eigenvalue weighted by atomic mass is 10.1. The number of hydrogen-bond acceptors (Lipinski definition) is 2. The Kier molecular flexibility index (Phi) is 4.75. The minimum atomic E-state index is -4.47. The maximum Gasteiger partial charge on any atom is 0.416 e. The van der Waals surface area contributed by atoms with Crippen molar-refractivity contribution in [1.82, 2.24) is 0 Å². The van der Waals surface area contributed by atoms with E-state index in [-0.39, 0.29) is 16.3 Å². The van der Waals surface area contributed by atoms with Gasteiger partial charge in [0.2, 0.25) is 5.78 Å². The monoisotopic (exact) mass is 344 g/mol. The molecule has 0 aliphatic heterocycles. The van der Waals surface area contributed by atoms with Crippen LogP contribution in [0, 0.1) is 5.82 Å². The second-order valence-electron chi connectivity index (χ2n) is 4.50. The first kappa shape index (κ1) is 17.0. The molecule has 2 rings (SSSR count). The second-order valence-corrected chi connectivity index (χ2v) is 4.94. The van der Waals surface area contributed by atoms with Gasteiger partial charge in [0.15, 0.2) is 5.76 Å². The Labute approximate surface area is 133 Å². The van der Waals surface area contributed by atoms with Gasteiger partial charge < -0.3 is 4.74 Å². The Morgan fingerprint density at radius 2 is 1.70 bits per heavy atom. The summed E-state index contributed by atoms with van der Waals surface area (Å²) in [5.41, 5.74) is -1.16. The van der Waals surface area contributed by atoms with Crippen LogP contribution in [0.2, 0.25) is 5.02 Å². The predicted octanol–water partition coefficient (Wildman–Crippen LogP) is 5.27. The number of halogens is 5. The van der Waals surface area contributed by atoms with E-state index in [2.05, 4.69) is 6.58 Å². The van der Waals surface area contributed by atoms with Crippen molar-refractivity contribution in [2.75, 3.05) is 0 Å². The first-order chi connectivity index (χ1) is 10.7. The zero-order valence-electron chi connectivity index (χ0n) is 11.5. The molecule has 0 saturated carbocycles. The van der Waals surface area contributed by atoms with Gasteiger partial charge in [0, 0.05) is 5.02 Å². The molecule has 0 aromatic heterocycles. The summed E-state index contributed by atoms with van der Waals surface area (Å²) in [6.07, 6.45) is -4.47. The molecule has 0 radical (unpaired) electrons. The number of carbonyl (C=O) groups excluding carboxylic acids is 1. The van der Waals surface area contributed by atoms with Crippen molar-refractivity contribution in [1.29, 1.82) is 0 Å². The molecule has 0 atom stereocenters. The van der Waals surface area contributed by atoms with Crippen LogP contribution >= 0.6 is 11.6 Å². The van der Waals surface area contributed by atoms with Crippen molar-refractivity contribution >= 4 is 17.4 Å². The van der Waals surface area contributed by atoms with Crippen LogP contribution in [-0.2, 0) is 6.18 Å². The maximum absolute atomic E-state index is 13.7. The van der Waals surface area contributed by atoms with E-state index in [0.717, 1.165) is 30.3 Å². The Morgan fingerprint density at radius 3 is 2.22 bits per heavy atom. The van der Waals surface area contributed by atoms with Crippen molar-refractivity contribution in [2.24, 2.45) is 0 Å². The fourth-order valence-electron chi connectivity index (χ4n) is 1.72. The van der Waals surface area contributed by atoms with E-state index in [0.29, 0.717) is 0 Å². The quantitative estimate of drug-likeness (QED) is 0.327. The number of benzene rings is 2. The summed E-state index contributed by atoms with van der Waals surface area (Å²) in [5, 5.41) is 0.119. The van der Waals surface area contributed by atoms with Gasteiger partial charge in [0.05, 0.1) is 11.1 Å². The molecule has 0 aliphatic carbocycles. The molecule has 2 aromatic carbocycles. The summed E-state index contributed by atoms with van der Waals surface area (Å²) >= 11 is 5.59. The molecule has 0 aliphatic rings. The molecule has 0 spiro atoms. The van der Waals surface area contributed by atoms with E-state index in [1.807, 2.05) is 0 Å². The van der Waals surface area contributed by atoms with Crippen molar-refractivity contribution in [3.8, 4) is 5.75 Å². The molecular formula is C16H9ClF4O2. The van der Waals surface area contributed by atoms with Crippen LogP contribution in [0.3, 0.4) is 0 Å². The van der Waals surface area contributed by atoms with Crippen molar-refractivity contribution in [2.45, 2.75) is 6.18 Å². The van der Waals surface area contributed by atoms with Gasteiger partial charge in [-0.25, -0.2) is 4.39 Å². The number of ether oxygens (including phenoxy) is 1. The highest BCUT2D eigenvalue weighted by atomic mass is 35.5. The van der Waals surface area contributed by atoms with Gasteiger partial charge in [-0.05, 0) is 42.5 Å². The van der Waals surface area contributed by atoms with Crippen molar-refractivity contribution in [3.63, 3.8) is 0 Å². The molecule has 0 unspecified atom stereocenters. The van der Waals surface area contributed by atoms with Crippen LogP contribution in [0.4, 0.5) is 17.6 Å². The molecular weight excluding hydrogens is 336 g/mol. The molecule has 0 amide bonds. The van der Waals surface area contributed by atoms with Gasteiger partial charge in [0.1, 0.15) is 11.6 Å². The van der Waals surface area contributed by atoms with Gasteiger partial charge in [-0.15, -0.1) is 0 Å². The fraction of sp³-hybridized carbons (Fsp3) is 0.0625. The molecule has 0 saturated heterocycles. The first-order valence-corrected chi connectivity index (χ1v) is 6.60. The topological polar surface area (TPSA) is 26.3 Å².